The summed E-state index contributed by atoms with van der Waals surface area (Å²) in [5.74, 6) is -2.16. The minimum Gasteiger partial charge on any atom is -0.396 e. The molecular formula is C22H20F3N7O2. The molecule has 0 saturated heterocycles. The van der Waals surface area contributed by atoms with Crippen LogP contribution in [0.2, 0.25) is 0 Å². The van der Waals surface area contributed by atoms with Gasteiger partial charge in [0.05, 0.1) is 35.4 Å². The van der Waals surface area contributed by atoms with E-state index in [0.29, 0.717) is 5.56 Å². The fourth-order valence-electron chi connectivity index (χ4n) is 3.05. The van der Waals surface area contributed by atoms with E-state index in [1.54, 1.807) is 30.3 Å². The molecule has 0 fully saturated rings. The molecule has 0 aliphatic carbocycles. The van der Waals surface area contributed by atoms with Gasteiger partial charge in [0.25, 0.3) is 0 Å². The molecule has 2 amide bonds. The van der Waals surface area contributed by atoms with Gasteiger partial charge in [-0.1, -0.05) is 36.4 Å². The van der Waals surface area contributed by atoms with Crippen LogP contribution in [0.1, 0.15) is 22.5 Å². The Morgan fingerprint density at radius 2 is 1.76 bits per heavy atom. The summed E-state index contributed by atoms with van der Waals surface area (Å²) in [6, 6.07) is 11.9. The number of nitrogens with two attached hydrogens (primary N) is 2. The lowest BCUT2D eigenvalue weighted by molar-refractivity contribution is -0.144. The van der Waals surface area contributed by atoms with Crippen LogP contribution in [0.15, 0.2) is 54.7 Å². The van der Waals surface area contributed by atoms with Gasteiger partial charge in [-0.2, -0.15) is 13.2 Å². The fraction of sp³-hybridized carbons (Fsp3) is 0.136. The van der Waals surface area contributed by atoms with Crippen LogP contribution in [-0.2, 0) is 28.9 Å². The first-order chi connectivity index (χ1) is 16.1. The summed E-state index contributed by atoms with van der Waals surface area (Å²) < 4.78 is 39.2. The molecule has 2 heterocycles. The zero-order valence-electron chi connectivity index (χ0n) is 17.6. The predicted molar refractivity (Wildman–Crippen MR) is 120 cm³/mol. The van der Waals surface area contributed by atoms with Gasteiger partial charge in [-0.15, -0.1) is 0 Å². The highest BCUT2D eigenvalue weighted by Crippen LogP contribution is 2.28. The molecule has 0 radical (unpaired) electrons. The second-order valence-corrected chi connectivity index (χ2v) is 7.14. The van der Waals surface area contributed by atoms with Crippen molar-refractivity contribution in [3.05, 3.63) is 77.2 Å². The average molecular weight is 471 g/mol. The number of nitrogens with zero attached hydrogens (tertiary/aromatic N) is 3. The molecule has 12 heteroatoms. The van der Waals surface area contributed by atoms with Crippen LogP contribution in [0, 0.1) is 5.41 Å². The quantitative estimate of drug-likeness (QED) is 0.321. The van der Waals surface area contributed by atoms with Crippen LogP contribution in [0.25, 0.3) is 0 Å². The molecule has 3 aromatic rings. The molecular weight excluding hydrogens is 451 g/mol. The van der Waals surface area contributed by atoms with Gasteiger partial charge in [-0.05, 0) is 17.7 Å². The van der Waals surface area contributed by atoms with E-state index in [1.165, 1.54) is 12.1 Å². The van der Waals surface area contributed by atoms with E-state index >= 15 is 0 Å². The monoisotopic (exact) mass is 471 g/mol. The lowest BCUT2D eigenvalue weighted by Gasteiger charge is -2.22. The van der Waals surface area contributed by atoms with Crippen LogP contribution in [0.5, 0.6) is 0 Å². The molecule has 0 spiro atoms. The number of carbonyl (C=O) groups is 2. The van der Waals surface area contributed by atoms with Gasteiger partial charge < -0.3 is 27.1 Å². The molecule has 6 N–H and O–H groups in total. The number of alkyl halides is 3. The summed E-state index contributed by atoms with van der Waals surface area (Å²) in [4.78, 5) is 34.2. The van der Waals surface area contributed by atoms with Crippen molar-refractivity contribution in [3.8, 4) is 0 Å². The number of rotatable bonds is 6. The van der Waals surface area contributed by atoms with E-state index in [1.807, 2.05) is 0 Å². The zero-order valence-corrected chi connectivity index (χ0v) is 17.6. The summed E-state index contributed by atoms with van der Waals surface area (Å²) in [5, 5.41) is 9.69. The van der Waals surface area contributed by atoms with E-state index in [0.717, 1.165) is 23.4 Å². The van der Waals surface area contributed by atoms with E-state index in [9.17, 15) is 22.8 Å². The average Bonchev–Trinajstić information content (AvgIpc) is 2.80. The largest absolute Gasteiger partial charge is 0.433 e. The number of nitrogen functional groups attached to an aromatic ring is 2. The maximum Gasteiger partial charge on any atom is 0.433 e. The van der Waals surface area contributed by atoms with Crippen molar-refractivity contribution in [1.82, 2.24) is 14.9 Å². The van der Waals surface area contributed by atoms with Crippen molar-refractivity contribution in [3.63, 3.8) is 0 Å². The number of carbonyl (C=O) groups excluding carboxylic acids is 2. The van der Waals surface area contributed by atoms with Crippen molar-refractivity contribution < 1.29 is 22.8 Å². The summed E-state index contributed by atoms with van der Waals surface area (Å²) in [5.41, 5.74) is 11.0. The summed E-state index contributed by atoms with van der Waals surface area (Å²) >= 11 is 0. The Balaban J connectivity index is 1.88. The van der Waals surface area contributed by atoms with E-state index in [2.05, 4.69) is 15.3 Å². The van der Waals surface area contributed by atoms with Crippen LogP contribution < -0.4 is 16.8 Å². The van der Waals surface area contributed by atoms with Gasteiger partial charge >= 0.3 is 18.0 Å². The predicted octanol–water partition coefficient (Wildman–Crippen LogP) is 2.82. The highest BCUT2D eigenvalue weighted by atomic mass is 19.4. The third kappa shape index (κ3) is 5.65. The first-order valence-electron chi connectivity index (χ1n) is 9.82. The van der Waals surface area contributed by atoms with E-state index < -0.39 is 23.7 Å². The standard InChI is InChI=1S/C22H20F3N7O2/c23-22(24,25)17-8-4-7-14(30-17)12-32(11-13-5-2-1-3-6-13)21(34)20(33)31-16-10-29-19(28)15(9-26)18(16)27/h1-10,26H,11-12H2,(H,31,33)(H4,27,28,29). The molecule has 0 aliphatic rings. The van der Waals surface area contributed by atoms with Crippen molar-refractivity contribution in [1.29, 1.82) is 5.41 Å². The number of hydrogen-bond acceptors (Lipinski definition) is 7. The normalized spacial score (nSPS) is 11.0. The Kier molecular flexibility index (Phi) is 7.09. The lowest BCUT2D eigenvalue weighted by atomic mass is 10.2. The number of nitrogens with one attached hydrogen (secondary N) is 2. The van der Waals surface area contributed by atoms with Crippen LogP contribution in [-0.4, -0.2) is 32.9 Å². The second kappa shape index (κ2) is 9.98. The smallest absolute Gasteiger partial charge is 0.396 e. The maximum atomic E-state index is 13.1. The van der Waals surface area contributed by atoms with Gasteiger partial charge in [0.1, 0.15) is 11.5 Å². The molecule has 0 aliphatic heterocycles. The molecule has 34 heavy (non-hydrogen) atoms. The van der Waals surface area contributed by atoms with Gasteiger partial charge in [0.2, 0.25) is 0 Å². The Morgan fingerprint density at radius 1 is 1.06 bits per heavy atom. The van der Waals surface area contributed by atoms with Crippen molar-refractivity contribution in [2.75, 3.05) is 16.8 Å². The number of halogens is 3. The molecule has 0 atom stereocenters. The zero-order chi connectivity index (χ0) is 24.9. The first-order valence-corrected chi connectivity index (χ1v) is 9.82. The third-order valence-electron chi connectivity index (χ3n) is 4.73. The number of aromatic nitrogens is 2. The minimum absolute atomic E-state index is 0.0295. The number of anilines is 3. The number of hydrogen-bond donors (Lipinski definition) is 4. The molecule has 0 saturated carbocycles. The Labute approximate surface area is 192 Å². The van der Waals surface area contributed by atoms with E-state index in [4.69, 9.17) is 16.9 Å². The topological polar surface area (TPSA) is 151 Å². The Hall–Kier alpha value is -4.48. The molecule has 9 nitrogen and oxygen atoms in total. The third-order valence-corrected chi connectivity index (χ3v) is 4.73. The molecule has 0 unspecified atom stereocenters. The lowest BCUT2D eigenvalue weighted by Crippen LogP contribution is -2.39. The summed E-state index contributed by atoms with van der Waals surface area (Å²) in [6.07, 6.45) is -2.66. The Morgan fingerprint density at radius 3 is 2.41 bits per heavy atom. The highest BCUT2D eigenvalue weighted by Gasteiger charge is 2.33. The Bertz CT molecular complexity index is 1220. The molecule has 1 aromatic carbocycles. The second-order valence-electron chi connectivity index (χ2n) is 7.14. The summed E-state index contributed by atoms with van der Waals surface area (Å²) in [7, 11) is 0. The van der Waals surface area contributed by atoms with Crippen molar-refractivity contribution >= 4 is 35.2 Å². The molecule has 0 bridgehead atoms. The number of amides is 2. The molecule has 2 aromatic heterocycles. The van der Waals surface area contributed by atoms with E-state index in [-0.39, 0.29) is 41.5 Å². The van der Waals surface area contributed by atoms with Gasteiger partial charge in [-0.25, -0.2) is 9.97 Å². The van der Waals surface area contributed by atoms with Crippen LogP contribution in [0.4, 0.5) is 30.4 Å². The van der Waals surface area contributed by atoms with Crippen molar-refractivity contribution in [2.45, 2.75) is 19.3 Å². The fourth-order valence-corrected chi connectivity index (χ4v) is 3.05. The number of pyridine rings is 2. The van der Waals surface area contributed by atoms with Crippen LogP contribution >= 0.6 is 0 Å². The van der Waals surface area contributed by atoms with Gasteiger partial charge in [0, 0.05) is 12.8 Å². The first kappa shape index (κ1) is 24.2. The summed E-state index contributed by atoms with van der Waals surface area (Å²) in [6.45, 7) is -0.418. The van der Waals surface area contributed by atoms with Gasteiger partial charge in [-0.3, -0.25) is 9.59 Å². The van der Waals surface area contributed by atoms with Crippen molar-refractivity contribution in [2.24, 2.45) is 0 Å². The number of benzene rings is 1. The minimum atomic E-state index is -4.66. The maximum absolute atomic E-state index is 13.1. The molecule has 176 valence electrons. The van der Waals surface area contributed by atoms with Crippen LogP contribution in [0.3, 0.4) is 0 Å². The molecule has 3 rings (SSSR count). The SMILES string of the molecule is N=Cc1c(N)ncc(NC(=O)C(=O)N(Cc2ccccc2)Cc2cccc(C(F)(F)F)n2)c1N. The highest BCUT2D eigenvalue weighted by molar-refractivity contribution is 6.39. The van der Waals surface area contributed by atoms with Gasteiger partial charge in [0.15, 0.2) is 0 Å².